The number of benzene rings is 1. The number of halogens is 2. The fourth-order valence-corrected chi connectivity index (χ4v) is 1.96. The molecule has 2 nitrogen and oxygen atoms in total. The Hall–Kier alpha value is -1.16. The van der Waals surface area contributed by atoms with Crippen LogP contribution >= 0.6 is 0 Å². The van der Waals surface area contributed by atoms with Crippen LogP contribution in [0.15, 0.2) is 18.2 Å². The summed E-state index contributed by atoms with van der Waals surface area (Å²) in [4.78, 5) is 0. The molecule has 1 heterocycles. The van der Waals surface area contributed by atoms with Crippen molar-refractivity contribution < 1.29 is 13.9 Å². The van der Waals surface area contributed by atoms with Gasteiger partial charge in [0.2, 0.25) is 0 Å². The summed E-state index contributed by atoms with van der Waals surface area (Å²) in [6.07, 6.45) is -1.58. The lowest BCUT2D eigenvalue weighted by molar-refractivity contribution is 0.151. The van der Waals surface area contributed by atoms with Crippen LogP contribution in [0.4, 0.5) is 8.78 Å². The molecule has 1 aromatic carbocycles. The Balaban J connectivity index is 2.31. The van der Waals surface area contributed by atoms with E-state index in [2.05, 4.69) is 5.32 Å². The second-order valence-electron chi connectivity index (χ2n) is 3.81. The van der Waals surface area contributed by atoms with Gasteiger partial charge in [0.1, 0.15) is 5.75 Å². The molecule has 0 aliphatic carbocycles. The van der Waals surface area contributed by atoms with Crippen LogP contribution in [0.3, 0.4) is 0 Å². The maximum atomic E-state index is 12.5. The molecule has 0 spiro atoms. The van der Waals surface area contributed by atoms with Gasteiger partial charge in [-0.25, -0.2) is 8.78 Å². The fourth-order valence-electron chi connectivity index (χ4n) is 1.96. The smallest absolute Gasteiger partial charge is 0.263 e. The van der Waals surface area contributed by atoms with Gasteiger partial charge in [-0.05, 0) is 36.7 Å². The Morgan fingerprint density at radius 2 is 2.20 bits per heavy atom. The van der Waals surface area contributed by atoms with Crippen LogP contribution < -0.4 is 5.32 Å². The predicted octanol–water partition coefficient (Wildman–Crippen LogP) is 2.41. The minimum Gasteiger partial charge on any atom is -0.508 e. The third-order valence-corrected chi connectivity index (χ3v) is 2.80. The number of aromatic hydroxyl groups is 1. The molecule has 1 fully saturated rings. The number of rotatable bonds is 2. The zero-order chi connectivity index (χ0) is 10.8. The second-order valence-corrected chi connectivity index (χ2v) is 3.81. The molecule has 15 heavy (non-hydrogen) atoms. The van der Waals surface area contributed by atoms with Gasteiger partial charge in [-0.15, -0.1) is 0 Å². The van der Waals surface area contributed by atoms with Crippen LogP contribution in [-0.4, -0.2) is 18.2 Å². The van der Waals surface area contributed by atoms with Gasteiger partial charge in [-0.2, -0.15) is 0 Å². The van der Waals surface area contributed by atoms with Gasteiger partial charge in [0.15, 0.2) is 0 Å². The molecule has 4 heteroatoms. The van der Waals surface area contributed by atoms with Crippen molar-refractivity contribution in [2.24, 2.45) is 0 Å². The molecule has 1 aromatic rings. The molecule has 1 aliphatic rings. The molecule has 82 valence electrons. The van der Waals surface area contributed by atoms with Crippen molar-refractivity contribution in [3.8, 4) is 5.75 Å². The summed E-state index contributed by atoms with van der Waals surface area (Å²) in [5.74, 6) is 0.275. The monoisotopic (exact) mass is 213 g/mol. The van der Waals surface area contributed by atoms with Crippen molar-refractivity contribution in [3.63, 3.8) is 0 Å². The average Bonchev–Trinajstić information content (AvgIpc) is 2.71. The van der Waals surface area contributed by atoms with E-state index in [1.165, 1.54) is 18.2 Å². The Morgan fingerprint density at radius 1 is 1.40 bits per heavy atom. The lowest BCUT2D eigenvalue weighted by Crippen LogP contribution is -2.08. The number of phenolic OH excluding ortho intramolecular Hbond substituents is 1. The topological polar surface area (TPSA) is 32.3 Å². The molecule has 1 saturated heterocycles. The summed E-state index contributed by atoms with van der Waals surface area (Å²) >= 11 is 0. The molecule has 1 unspecified atom stereocenters. The first kappa shape index (κ1) is 10.4. The molecule has 0 radical (unpaired) electrons. The summed E-state index contributed by atoms with van der Waals surface area (Å²) in [5, 5.41) is 12.8. The van der Waals surface area contributed by atoms with E-state index < -0.39 is 6.43 Å². The van der Waals surface area contributed by atoms with Crippen molar-refractivity contribution >= 4 is 0 Å². The minimum atomic E-state index is -2.47. The third-order valence-electron chi connectivity index (χ3n) is 2.80. The van der Waals surface area contributed by atoms with E-state index in [1.54, 1.807) is 0 Å². The first-order chi connectivity index (χ1) is 7.18. The second kappa shape index (κ2) is 4.14. The first-order valence-corrected chi connectivity index (χ1v) is 5.00. The van der Waals surface area contributed by atoms with Crippen LogP contribution in [0.5, 0.6) is 5.75 Å². The molecule has 0 aromatic heterocycles. The van der Waals surface area contributed by atoms with Crippen LogP contribution in [0, 0.1) is 0 Å². The van der Waals surface area contributed by atoms with E-state index in [9.17, 15) is 13.9 Å². The Kier molecular flexibility index (Phi) is 2.86. The first-order valence-electron chi connectivity index (χ1n) is 5.00. The highest BCUT2D eigenvalue weighted by molar-refractivity contribution is 5.39. The van der Waals surface area contributed by atoms with Crippen LogP contribution in [0.25, 0.3) is 0 Å². The highest BCUT2D eigenvalue weighted by atomic mass is 19.3. The Morgan fingerprint density at radius 3 is 2.80 bits per heavy atom. The molecular weight excluding hydrogens is 200 g/mol. The molecule has 0 bridgehead atoms. The standard InChI is InChI=1S/C11H13F2NO/c12-11(13)7-1-2-10(15)9(5-7)8-3-4-14-6-8/h1-2,5,8,11,14-15H,3-4,6H2. The fraction of sp³-hybridized carbons (Fsp3) is 0.455. The van der Waals surface area contributed by atoms with Crippen LogP contribution in [-0.2, 0) is 0 Å². The Labute approximate surface area is 86.9 Å². The Bertz CT molecular complexity index is 348. The molecular formula is C11H13F2NO. The van der Waals surface area contributed by atoms with Gasteiger partial charge < -0.3 is 10.4 Å². The molecule has 1 aliphatic heterocycles. The van der Waals surface area contributed by atoms with Gasteiger partial charge in [-0.1, -0.05) is 0 Å². The van der Waals surface area contributed by atoms with E-state index in [4.69, 9.17) is 0 Å². The van der Waals surface area contributed by atoms with Gasteiger partial charge >= 0.3 is 0 Å². The van der Waals surface area contributed by atoms with E-state index in [-0.39, 0.29) is 17.2 Å². The average molecular weight is 213 g/mol. The van der Waals surface area contributed by atoms with Crippen molar-refractivity contribution in [2.45, 2.75) is 18.8 Å². The van der Waals surface area contributed by atoms with Crippen molar-refractivity contribution in [1.29, 1.82) is 0 Å². The number of alkyl halides is 2. The van der Waals surface area contributed by atoms with Gasteiger partial charge in [0.05, 0.1) is 0 Å². The number of phenols is 1. The quantitative estimate of drug-likeness (QED) is 0.790. The largest absolute Gasteiger partial charge is 0.508 e. The van der Waals surface area contributed by atoms with Crippen molar-refractivity contribution in [1.82, 2.24) is 5.32 Å². The molecule has 2 N–H and O–H groups in total. The molecule has 2 rings (SSSR count). The van der Waals surface area contributed by atoms with Crippen molar-refractivity contribution in [3.05, 3.63) is 29.3 Å². The SMILES string of the molecule is Oc1ccc(C(F)F)cc1C1CCNC1. The normalized spacial score (nSPS) is 21.1. The lowest BCUT2D eigenvalue weighted by atomic mass is 9.95. The van der Waals surface area contributed by atoms with E-state index in [1.807, 2.05) is 0 Å². The summed E-state index contributed by atoms with van der Waals surface area (Å²) < 4.78 is 24.9. The maximum absolute atomic E-state index is 12.5. The zero-order valence-electron chi connectivity index (χ0n) is 8.21. The number of nitrogens with one attached hydrogen (secondary N) is 1. The highest BCUT2D eigenvalue weighted by Gasteiger charge is 2.21. The van der Waals surface area contributed by atoms with Gasteiger partial charge in [0, 0.05) is 18.0 Å². The number of hydrogen-bond acceptors (Lipinski definition) is 2. The molecule has 0 saturated carbocycles. The van der Waals surface area contributed by atoms with Gasteiger partial charge in [-0.3, -0.25) is 0 Å². The zero-order valence-corrected chi connectivity index (χ0v) is 8.21. The van der Waals surface area contributed by atoms with Crippen molar-refractivity contribution in [2.75, 3.05) is 13.1 Å². The highest BCUT2D eigenvalue weighted by Crippen LogP contribution is 2.33. The number of hydrogen-bond donors (Lipinski definition) is 2. The third kappa shape index (κ3) is 2.09. The van der Waals surface area contributed by atoms with Crippen LogP contribution in [0.2, 0.25) is 0 Å². The van der Waals surface area contributed by atoms with Crippen LogP contribution in [0.1, 0.15) is 29.9 Å². The van der Waals surface area contributed by atoms with E-state index >= 15 is 0 Å². The summed E-state index contributed by atoms with van der Waals surface area (Å²) in [6.45, 7) is 1.63. The predicted molar refractivity (Wildman–Crippen MR) is 53.3 cm³/mol. The molecule has 1 atom stereocenters. The molecule has 0 amide bonds. The lowest BCUT2D eigenvalue weighted by Gasteiger charge is -2.12. The van der Waals surface area contributed by atoms with E-state index in [0.717, 1.165) is 19.5 Å². The van der Waals surface area contributed by atoms with Gasteiger partial charge in [0.25, 0.3) is 6.43 Å². The summed E-state index contributed by atoms with van der Waals surface area (Å²) in [7, 11) is 0. The summed E-state index contributed by atoms with van der Waals surface area (Å²) in [5.41, 5.74) is 0.618. The maximum Gasteiger partial charge on any atom is 0.263 e. The summed E-state index contributed by atoms with van der Waals surface area (Å²) in [6, 6.07) is 4.04. The minimum absolute atomic E-state index is 0.0188. The van der Waals surface area contributed by atoms with E-state index in [0.29, 0.717) is 5.56 Å².